The van der Waals surface area contributed by atoms with E-state index in [-0.39, 0.29) is 0 Å². The molecule has 2 aromatic carbocycles. The van der Waals surface area contributed by atoms with Crippen molar-refractivity contribution in [3.8, 4) is 11.5 Å². The Morgan fingerprint density at radius 3 is 1.57 bits per heavy atom. The van der Waals surface area contributed by atoms with E-state index >= 15 is 0 Å². The van der Waals surface area contributed by atoms with Crippen LogP contribution in [0.15, 0.2) is 48.5 Å². The van der Waals surface area contributed by atoms with Crippen LogP contribution in [0.1, 0.15) is 76.3 Å². The number of unbranched alkanes of at least 4 members (excludes halogenated alkanes) is 6. The lowest BCUT2D eigenvalue weighted by molar-refractivity contribution is 0.152. The molecule has 3 heteroatoms. The molecule has 0 aliphatic rings. The van der Waals surface area contributed by atoms with Crippen LogP contribution in [0.2, 0.25) is 0 Å². The fourth-order valence-electron chi connectivity index (χ4n) is 3.24. The minimum absolute atomic E-state index is 0.500. The van der Waals surface area contributed by atoms with E-state index in [0.29, 0.717) is 11.5 Å². The van der Waals surface area contributed by atoms with Gasteiger partial charge in [0.2, 0.25) is 0 Å². The second kappa shape index (κ2) is 13.0. The number of benzene rings is 2. The average molecular weight is 383 g/mol. The van der Waals surface area contributed by atoms with E-state index in [4.69, 9.17) is 9.47 Å². The Kier molecular flexibility index (Phi) is 10.2. The van der Waals surface area contributed by atoms with Crippen molar-refractivity contribution in [3.63, 3.8) is 0 Å². The molecule has 0 saturated heterocycles. The molecule has 2 aromatic rings. The molecular formula is C25H34O3. The summed E-state index contributed by atoms with van der Waals surface area (Å²) in [6.07, 6.45) is 11.7. The maximum atomic E-state index is 12.0. The Balaban J connectivity index is 1.69. The third kappa shape index (κ3) is 8.60. The summed E-state index contributed by atoms with van der Waals surface area (Å²) in [5, 5.41) is 0. The second-order valence-corrected chi connectivity index (χ2v) is 7.36. The smallest absolute Gasteiger partial charge is 0.395 e. The lowest BCUT2D eigenvalue weighted by atomic mass is 10.0. The van der Waals surface area contributed by atoms with Gasteiger partial charge in [0.1, 0.15) is 11.5 Å². The van der Waals surface area contributed by atoms with Crippen molar-refractivity contribution in [2.24, 2.45) is 0 Å². The van der Waals surface area contributed by atoms with E-state index in [1.54, 1.807) is 12.1 Å². The van der Waals surface area contributed by atoms with Crippen LogP contribution in [0.3, 0.4) is 0 Å². The molecule has 0 atom stereocenters. The molecular weight excluding hydrogens is 348 g/mol. The van der Waals surface area contributed by atoms with Crippen LogP contribution in [0, 0.1) is 0 Å². The number of hydrogen-bond donors (Lipinski definition) is 0. The molecule has 0 heterocycles. The summed E-state index contributed by atoms with van der Waals surface area (Å²) in [6, 6.07) is 15.3. The summed E-state index contributed by atoms with van der Waals surface area (Å²) in [5.41, 5.74) is 2.51. The van der Waals surface area contributed by atoms with Crippen LogP contribution in [0.4, 0.5) is 4.79 Å². The van der Waals surface area contributed by atoms with Gasteiger partial charge >= 0.3 is 6.16 Å². The fourth-order valence-corrected chi connectivity index (χ4v) is 3.24. The van der Waals surface area contributed by atoms with Gasteiger partial charge in [-0.05, 0) is 54.7 Å². The summed E-state index contributed by atoms with van der Waals surface area (Å²) in [7, 11) is 0. The molecule has 2 rings (SSSR count). The van der Waals surface area contributed by atoms with Crippen molar-refractivity contribution in [1.29, 1.82) is 0 Å². The molecule has 3 nitrogen and oxygen atoms in total. The third-order valence-electron chi connectivity index (χ3n) is 4.86. The van der Waals surface area contributed by atoms with Gasteiger partial charge in [-0.2, -0.15) is 0 Å². The summed E-state index contributed by atoms with van der Waals surface area (Å²) >= 11 is 0. The van der Waals surface area contributed by atoms with E-state index < -0.39 is 6.16 Å². The molecule has 0 radical (unpaired) electrons. The maximum Gasteiger partial charge on any atom is 0.519 e. The number of carbonyl (C=O) groups is 1. The molecule has 0 fully saturated rings. The Bertz CT molecular complexity index is 674. The summed E-state index contributed by atoms with van der Waals surface area (Å²) < 4.78 is 10.5. The zero-order valence-electron chi connectivity index (χ0n) is 17.4. The molecule has 0 unspecified atom stereocenters. The van der Waals surface area contributed by atoms with Crippen LogP contribution < -0.4 is 9.47 Å². The van der Waals surface area contributed by atoms with Crippen LogP contribution in [0.25, 0.3) is 0 Å². The van der Waals surface area contributed by atoms with Crippen molar-refractivity contribution in [2.75, 3.05) is 0 Å². The SMILES string of the molecule is CCCCCCCCCc1ccc(OC(=O)Oc2ccc(CCC)cc2)cc1. The first kappa shape index (κ1) is 22.0. The Labute approximate surface area is 170 Å². The van der Waals surface area contributed by atoms with Crippen LogP contribution in [0.5, 0.6) is 11.5 Å². The van der Waals surface area contributed by atoms with Gasteiger partial charge in [-0.3, -0.25) is 0 Å². The highest BCUT2D eigenvalue weighted by Crippen LogP contribution is 2.18. The zero-order valence-corrected chi connectivity index (χ0v) is 17.4. The number of carbonyl (C=O) groups excluding carboxylic acids is 1. The first-order valence-electron chi connectivity index (χ1n) is 10.8. The summed E-state index contributed by atoms with van der Waals surface area (Å²) in [5.74, 6) is 1.01. The Morgan fingerprint density at radius 2 is 1.07 bits per heavy atom. The van der Waals surface area contributed by atoms with Crippen molar-refractivity contribution >= 4 is 6.16 Å². The number of rotatable bonds is 12. The second-order valence-electron chi connectivity index (χ2n) is 7.36. The number of hydrogen-bond acceptors (Lipinski definition) is 3. The first-order valence-corrected chi connectivity index (χ1v) is 10.8. The van der Waals surface area contributed by atoms with Gasteiger partial charge in [-0.15, -0.1) is 0 Å². The van der Waals surface area contributed by atoms with Gasteiger partial charge in [0, 0.05) is 0 Å². The predicted octanol–water partition coefficient (Wildman–Crippen LogP) is 7.51. The topological polar surface area (TPSA) is 35.5 Å². The third-order valence-corrected chi connectivity index (χ3v) is 4.86. The van der Waals surface area contributed by atoms with Gasteiger partial charge in [0.25, 0.3) is 0 Å². The van der Waals surface area contributed by atoms with E-state index in [9.17, 15) is 4.79 Å². The molecule has 0 aromatic heterocycles. The lowest BCUT2D eigenvalue weighted by Gasteiger charge is -2.07. The summed E-state index contributed by atoms with van der Waals surface area (Å²) in [4.78, 5) is 12.0. The van der Waals surface area contributed by atoms with Crippen molar-refractivity contribution in [3.05, 3.63) is 59.7 Å². The molecule has 0 bridgehead atoms. The monoisotopic (exact) mass is 382 g/mol. The minimum atomic E-state index is -0.705. The quantitative estimate of drug-likeness (QED) is 0.216. The van der Waals surface area contributed by atoms with Crippen molar-refractivity contribution < 1.29 is 14.3 Å². The standard InChI is InChI=1S/C25H34O3/c1-3-5-6-7-8-9-10-12-22-15-19-24(20-16-22)28-25(26)27-23-17-13-21(11-4-2)14-18-23/h13-20H,3-12H2,1-2H3. The molecule has 0 aliphatic heterocycles. The number of ether oxygens (including phenoxy) is 2. The largest absolute Gasteiger partial charge is 0.519 e. The highest BCUT2D eigenvalue weighted by atomic mass is 16.7. The molecule has 0 spiro atoms. The molecule has 152 valence electrons. The maximum absolute atomic E-state index is 12.0. The van der Waals surface area contributed by atoms with Crippen molar-refractivity contribution in [1.82, 2.24) is 0 Å². The van der Waals surface area contributed by atoms with Crippen LogP contribution in [-0.4, -0.2) is 6.16 Å². The lowest BCUT2D eigenvalue weighted by Crippen LogP contribution is -2.13. The number of aryl methyl sites for hydroxylation is 2. The van der Waals surface area contributed by atoms with Crippen molar-refractivity contribution in [2.45, 2.75) is 78.1 Å². The molecule has 0 saturated carbocycles. The fraction of sp³-hybridized carbons (Fsp3) is 0.480. The van der Waals surface area contributed by atoms with Gasteiger partial charge in [0.15, 0.2) is 0 Å². The van der Waals surface area contributed by atoms with E-state index in [0.717, 1.165) is 19.3 Å². The zero-order chi connectivity index (χ0) is 20.0. The highest BCUT2D eigenvalue weighted by Gasteiger charge is 2.08. The van der Waals surface area contributed by atoms with Crippen LogP contribution >= 0.6 is 0 Å². The first-order chi connectivity index (χ1) is 13.7. The Hall–Kier alpha value is -2.29. The van der Waals surface area contributed by atoms with Gasteiger partial charge in [0.05, 0.1) is 0 Å². The molecule has 0 N–H and O–H groups in total. The minimum Gasteiger partial charge on any atom is -0.395 e. The van der Waals surface area contributed by atoms with E-state index in [1.165, 1.54) is 56.1 Å². The predicted molar refractivity (Wildman–Crippen MR) is 115 cm³/mol. The molecule has 0 aliphatic carbocycles. The van der Waals surface area contributed by atoms with Gasteiger partial charge < -0.3 is 9.47 Å². The van der Waals surface area contributed by atoms with Crippen LogP contribution in [-0.2, 0) is 12.8 Å². The summed E-state index contributed by atoms with van der Waals surface area (Å²) in [6.45, 7) is 4.39. The molecule has 0 amide bonds. The average Bonchev–Trinajstić information content (AvgIpc) is 2.70. The molecule has 28 heavy (non-hydrogen) atoms. The van der Waals surface area contributed by atoms with Gasteiger partial charge in [-0.25, -0.2) is 4.79 Å². The highest BCUT2D eigenvalue weighted by molar-refractivity contribution is 5.67. The Morgan fingerprint density at radius 1 is 0.607 bits per heavy atom. The van der Waals surface area contributed by atoms with E-state index in [1.807, 2.05) is 36.4 Å². The van der Waals surface area contributed by atoms with E-state index in [2.05, 4.69) is 13.8 Å². The normalized spacial score (nSPS) is 10.6. The van der Waals surface area contributed by atoms with Gasteiger partial charge in [-0.1, -0.05) is 83.1 Å².